The summed E-state index contributed by atoms with van der Waals surface area (Å²) in [5.41, 5.74) is 5.73. The molecule has 1 heterocycles. The van der Waals surface area contributed by atoms with E-state index in [1.165, 1.54) is 11.3 Å². The summed E-state index contributed by atoms with van der Waals surface area (Å²) < 4.78 is 5.40. The number of nitrogens with two attached hydrogens (primary N) is 1. The summed E-state index contributed by atoms with van der Waals surface area (Å²) in [6.07, 6.45) is 5.16. The van der Waals surface area contributed by atoms with Crippen LogP contribution >= 0.6 is 11.3 Å². The van der Waals surface area contributed by atoms with Gasteiger partial charge in [-0.3, -0.25) is 4.79 Å². The van der Waals surface area contributed by atoms with Crippen LogP contribution in [0.15, 0.2) is 17.5 Å². The summed E-state index contributed by atoms with van der Waals surface area (Å²) in [5, 5.41) is 2.04. The molecule has 2 N–H and O–H groups in total. The van der Waals surface area contributed by atoms with Gasteiger partial charge in [0.05, 0.1) is 12.5 Å². The van der Waals surface area contributed by atoms with Gasteiger partial charge in [0, 0.05) is 11.3 Å². The van der Waals surface area contributed by atoms with Crippen molar-refractivity contribution in [3.63, 3.8) is 0 Å². The van der Waals surface area contributed by atoms with Crippen LogP contribution in [-0.2, 0) is 16.0 Å². The molecule has 0 radical (unpaired) electrons. The molecule has 18 heavy (non-hydrogen) atoms. The fraction of sp³-hybridized carbons (Fsp3) is 0.643. The monoisotopic (exact) mass is 267 g/mol. The zero-order chi connectivity index (χ0) is 12.8. The number of rotatable bonds is 5. The maximum absolute atomic E-state index is 12.0. The molecule has 100 valence electrons. The molecule has 0 bridgehead atoms. The Kier molecular flexibility index (Phi) is 5.20. The first-order valence-electron chi connectivity index (χ1n) is 6.70. The molecule has 1 aromatic rings. The highest BCUT2D eigenvalue weighted by atomic mass is 32.1. The second kappa shape index (κ2) is 6.90. The lowest BCUT2D eigenvalue weighted by molar-refractivity contribution is -0.151. The largest absolute Gasteiger partial charge is 0.465 e. The summed E-state index contributed by atoms with van der Waals surface area (Å²) in [6, 6.07) is 4.09. The number of thiophene rings is 1. The van der Waals surface area contributed by atoms with Crippen molar-refractivity contribution in [2.75, 3.05) is 13.2 Å². The lowest BCUT2D eigenvalue weighted by Gasteiger charge is -2.28. The molecule has 0 aliphatic heterocycles. The van der Waals surface area contributed by atoms with Crippen LogP contribution in [0.1, 0.15) is 30.6 Å². The van der Waals surface area contributed by atoms with E-state index in [1.54, 1.807) is 11.3 Å². The first kappa shape index (κ1) is 13.6. The van der Waals surface area contributed by atoms with Gasteiger partial charge in [-0.25, -0.2) is 0 Å². The van der Waals surface area contributed by atoms with E-state index in [9.17, 15) is 4.79 Å². The molecule has 1 fully saturated rings. The van der Waals surface area contributed by atoms with Crippen molar-refractivity contribution in [2.45, 2.75) is 32.1 Å². The summed E-state index contributed by atoms with van der Waals surface area (Å²) in [4.78, 5) is 13.3. The van der Waals surface area contributed by atoms with Crippen LogP contribution in [-0.4, -0.2) is 19.1 Å². The average molecular weight is 267 g/mol. The molecule has 2 unspecified atom stereocenters. The molecule has 1 aromatic heterocycles. The lowest BCUT2D eigenvalue weighted by atomic mass is 9.79. The fourth-order valence-corrected chi connectivity index (χ4v) is 3.30. The van der Waals surface area contributed by atoms with E-state index < -0.39 is 0 Å². The van der Waals surface area contributed by atoms with E-state index >= 15 is 0 Å². The second-order valence-electron chi connectivity index (χ2n) is 4.88. The van der Waals surface area contributed by atoms with Gasteiger partial charge in [-0.1, -0.05) is 18.9 Å². The topological polar surface area (TPSA) is 52.3 Å². The van der Waals surface area contributed by atoms with Gasteiger partial charge in [0.2, 0.25) is 0 Å². The van der Waals surface area contributed by atoms with E-state index in [0.29, 0.717) is 19.1 Å². The number of hydrogen-bond donors (Lipinski definition) is 1. The van der Waals surface area contributed by atoms with Crippen LogP contribution < -0.4 is 5.73 Å². The van der Waals surface area contributed by atoms with Crippen LogP contribution in [0.25, 0.3) is 0 Å². The maximum Gasteiger partial charge on any atom is 0.309 e. The van der Waals surface area contributed by atoms with Crippen molar-refractivity contribution in [1.82, 2.24) is 0 Å². The summed E-state index contributed by atoms with van der Waals surface area (Å²) in [7, 11) is 0. The number of carbonyl (C=O) groups excluding carboxylic acids is 1. The molecule has 4 heteroatoms. The molecule has 1 aliphatic carbocycles. The Balaban J connectivity index is 1.76. The molecule has 2 atom stereocenters. The number of esters is 1. The number of ether oxygens (including phenoxy) is 1. The highest BCUT2D eigenvalue weighted by molar-refractivity contribution is 7.09. The van der Waals surface area contributed by atoms with Crippen LogP contribution in [0.2, 0.25) is 0 Å². The molecule has 0 spiro atoms. The van der Waals surface area contributed by atoms with E-state index in [1.807, 2.05) is 11.4 Å². The molecule has 2 rings (SSSR count). The van der Waals surface area contributed by atoms with Gasteiger partial charge >= 0.3 is 5.97 Å². The molecular formula is C14H21NO2S. The van der Waals surface area contributed by atoms with Crippen LogP contribution in [0.4, 0.5) is 0 Å². The minimum atomic E-state index is -0.0401. The number of hydrogen-bond acceptors (Lipinski definition) is 4. The van der Waals surface area contributed by atoms with Crippen molar-refractivity contribution in [3.8, 4) is 0 Å². The van der Waals surface area contributed by atoms with Gasteiger partial charge in [-0.2, -0.15) is 0 Å². The van der Waals surface area contributed by atoms with Gasteiger partial charge in [-0.15, -0.1) is 11.3 Å². The summed E-state index contributed by atoms with van der Waals surface area (Å²) in [5.74, 6) is 0.321. The molecule has 0 saturated heterocycles. The first-order chi connectivity index (χ1) is 8.81. The van der Waals surface area contributed by atoms with Gasteiger partial charge in [0.1, 0.15) is 0 Å². The minimum Gasteiger partial charge on any atom is -0.465 e. The van der Waals surface area contributed by atoms with Gasteiger partial charge in [-0.05, 0) is 36.8 Å². The Morgan fingerprint density at radius 1 is 1.44 bits per heavy atom. The average Bonchev–Trinajstić information content (AvgIpc) is 2.91. The molecule has 0 amide bonds. The Labute approximate surface area is 112 Å². The second-order valence-corrected chi connectivity index (χ2v) is 5.92. The van der Waals surface area contributed by atoms with E-state index in [2.05, 4.69) is 6.07 Å². The zero-order valence-electron chi connectivity index (χ0n) is 10.6. The lowest BCUT2D eigenvalue weighted by Crippen LogP contribution is -2.33. The standard InChI is InChI=1S/C14H21NO2S/c15-10-11-4-1-2-6-13(11)14(16)17-8-7-12-5-3-9-18-12/h3,5,9,11,13H,1-2,4,6-8,10,15H2. The highest BCUT2D eigenvalue weighted by Crippen LogP contribution is 2.30. The van der Waals surface area contributed by atoms with Crippen molar-refractivity contribution in [2.24, 2.45) is 17.6 Å². The zero-order valence-corrected chi connectivity index (χ0v) is 11.5. The highest BCUT2D eigenvalue weighted by Gasteiger charge is 2.30. The van der Waals surface area contributed by atoms with Crippen molar-refractivity contribution in [3.05, 3.63) is 22.4 Å². The Morgan fingerprint density at radius 3 is 3.00 bits per heavy atom. The molecule has 0 aromatic carbocycles. The Hall–Kier alpha value is -0.870. The molecular weight excluding hydrogens is 246 g/mol. The predicted octanol–water partition coefficient (Wildman–Crippen LogP) is 2.60. The van der Waals surface area contributed by atoms with Crippen molar-refractivity contribution < 1.29 is 9.53 Å². The van der Waals surface area contributed by atoms with Crippen molar-refractivity contribution >= 4 is 17.3 Å². The van der Waals surface area contributed by atoms with Crippen LogP contribution in [0, 0.1) is 11.8 Å². The quantitative estimate of drug-likeness (QED) is 0.834. The number of carbonyl (C=O) groups is 1. The molecule has 3 nitrogen and oxygen atoms in total. The molecule has 1 aliphatic rings. The minimum absolute atomic E-state index is 0.0343. The summed E-state index contributed by atoms with van der Waals surface area (Å²) >= 11 is 1.70. The van der Waals surface area contributed by atoms with Gasteiger partial charge in [0.15, 0.2) is 0 Å². The van der Waals surface area contributed by atoms with Gasteiger partial charge < -0.3 is 10.5 Å². The molecule has 1 saturated carbocycles. The third kappa shape index (κ3) is 3.56. The van der Waals surface area contributed by atoms with Crippen LogP contribution in [0.3, 0.4) is 0 Å². The van der Waals surface area contributed by atoms with Gasteiger partial charge in [0.25, 0.3) is 0 Å². The third-order valence-electron chi connectivity index (χ3n) is 3.69. The fourth-order valence-electron chi connectivity index (χ4n) is 2.61. The third-order valence-corrected chi connectivity index (χ3v) is 4.62. The van der Waals surface area contributed by atoms with E-state index in [4.69, 9.17) is 10.5 Å². The van der Waals surface area contributed by atoms with Crippen LogP contribution in [0.5, 0.6) is 0 Å². The predicted molar refractivity (Wildman–Crippen MR) is 73.5 cm³/mol. The summed E-state index contributed by atoms with van der Waals surface area (Å²) in [6.45, 7) is 1.10. The van der Waals surface area contributed by atoms with Crippen molar-refractivity contribution in [1.29, 1.82) is 0 Å². The van der Waals surface area contributed by atoms with E-state index in [0.717, 1.165) is 25.7 Å². The smallest absolute Gasteiger partial charge is 0.309 e. The Bertz CT molecular complexity index is 364. The SMILES string of the molecule is NCC1CCCCC1C(=O)OCCc1cccs1. The van der Waals surface area contributed by atoms with E-state index in [-0.39, 0.29) is 11.9 Å². The normalized spacial score (nSPS) is 23.8. The maximum atomic E-state index is 12.0. The Morgan fingerprint density at radius 2 is 2.28 bits per heavy atom. The first-order valence-corrected chi connectivity index (χ1v) is 7.58.